The maximum atomic E-state index is 12.2. The van der Waals surface area contributed by atoms with E-state index in [0.29, 0.717) is 47.0 Å². The number of aromatic nitrogens is 2. The van der Waals surface area contributed by atoms with Crippen LogP contribution in [0.4, 0.5) is 5.82 Å². The zero-order valence-corrected chi connectivity index (χ0v) is 16.3. The monoisotopic (exact) mass is 413 g/mol. The number of nitrogen functional groups attached to an aromatic ring is 1. The fourth-order valence-corrected chi connectivity index (χ4v) is 3.16. The molecule has 0 aliphatic rings. The average molecular weight is 414 g/mol. The van der Waals surface area contributed by atoms with E-state index in [9.17, 15) is 10.1 Å². The van der Waals surface area contributed by atoms with Crippen molar-refractivity contribution in [2.24, 2.45) is 0 Å². The molecule has 0 saturated carbocycles. The summed E-state index contributed by atoms with van der Waals surface area (Å²) in [5, 5.41) is 17.2. The number of nitrogens with two attached hydrogens (primary N) is 1. The number of rotatable bonds is 6. The molecule has 3 rings (SSSR count). The zero-order valence-electron chi connectivity index (χ0n) is 14.8. The topological polar surface area (TPSA) is 96.7 Å². The molecule has 0 aliphatic heterocycles. The van der Waals surface area contributed by atoms with Gasteiger partial charge in [0.15, 0.2) is 0 Å². The summed E-state index contributed by atoms with van der Waals surface area (Å²) in [4.78, 5) is 12.2. The van der Waals surface area contributed by atoms with Gasteiger partial charge in [-0.2, -0.15) is 10.4 Å². The molecule has 0 fully saturated rings. The van der Waals surface area contributed by atoms with Gasteiger partial charge in [-0.05, 0) is 37.1 Å². The molecule has 142 valence electrons. The van der Waals surface area contributed by atoms with Crippen LogP contribution in [0.2, 0.25) is 10.0 Å². The number of hydrogen-bond donors (Lipinski definition) is 2. The molecular weight excluding hydrogens is 397 g/mol. The number of amides is 1. The van der Waals surface area contributed by atoms with E-state index >= 15 is 0 Å². The van der Waals surface area contributed by atoms with Crippen LogP contribution in [0.3, 0.4) is 0 Å². The van der Waals surface area contributed by atoms with Crippen LogP contribution in [0.1, 0.15) is 28.0 Å². The number of benzene rings is 2. The Labute approximate surface area is 172 Å². The highest BCUT2D eigenvalue weighted by Gasteiger charge is 2.17. The number of carbonyl (C=O) groups is 1. The molecule has 28 heavy (non-hydrogen) atoms. The lowest BCUT2D eigenvalue weighted by molar-refractivity contribution is 0.0953. The number of aryl methyl sites for hydroxylation is 1. The second-order valence-electron chi connectivity index (χ2n) is 6.03. The highest BCUT2D eigenvalue weighted by atomic mass is 35.5. The van der Waals surface area contributed by atoms with Crippen LogP contribution in [0.5, 0.6) is 0 Å². The maximum absolute atomic E-state index is 12.2. The molecular formula is C20H17Cl2N5O. The lowest BCUT2D eigenvalue weighted by Gasteiger charge is -2.07. The molecule has 0 aliphatic carbocycles. The molecule has 0 spiro atoms. The highest BCUT2D eigenvalue weighted by molar-refractivity contribution is 6.43. The molecule has 1 amide bonds. The summed E-state index contributed by atoms with van der Waals surface area (Å²) in [7, 11) is 0. The summed E-state index contributed by atoms with van der Waals surface area (Å²) in [6, 6.07) is 16.4. The standard InChI is InChI=1S/C20H17Cl2N5O/c21-16-9-4-8-14(18(16)22)20(28)25-11-5-10-17-15(12-23)19(24)27(26-17)13-6-2-1-3-7-13/h1-4,6-9H,5,10-11,24H2,(H,25,28). The van der Waals surface area contributed by atoms with Gasteiger partial charge in [-0.25, -0.2) is 4.68 Å². The van der Waals surface area contributed by atoms with Crippen LogP contribution in [0.25, 0.3) is 5.69 Å². The molecule has 0 bridgehead atoms. The molecule has 6 nitrogen and oxygen atoms in total. The summed E-state index contributed by atoms with van der Waals surface area (Å²) >= 11 is 12.0. The predicted molar refractivity (Wildman–Crippen MR) is 110 cm³/mol. The second kappa shape index (κ2) is 8.79. The Morgan fingerprint density at radius 2 is 1.93 bits per heavy atom. The fourth-order valence-electron chi connectivity index (χ4n) is 2.77. The van der Waals surface area contributed by atoms with Crippen molar-refractivity contribution in [3.05, 3.63) is 75.4 Å². The van der Waals surface area contributed by atoms with E-state index in [4.69, 9.17) is 28.9 Å². The first-order valence-corrected chi connectivity index (χ1v) is 9.33. The van der Waals surface area contributed by atoms with E-state index in [1.165, 1.54) is 0 Å². The maximum Gasteiger partial charge on any atom is 0.252 e. The Balaban J connectivity index is 1.65. The van der Waals surface area contributed by atoms with Gasteiger partial charge in [0, 0.05) is 6.54 Å². The number of anilines is 1. The molecule has 0 unspecified atom stereocenters. The van der Waals surface area contributed by atoms with E-state index in [1.54, 1.807) is 22.9 Å². The molecule has 1 heterocycles. The average Bonchev–Trinajstić information content (AvgIpc) is 3.03. The number of para-hydroxylation sites is 1. The van der Waals surface area contributed by atoms with E-state index < -0.39 is 0 Å². The Bertz CT molecular complexity index is 1040. The van der Waals surface area contributed by atoms with Crippen molar-refractivity contribution in [1.82, 2.24) is 15.1 Å². The Kier molecular flexibility index (Phi) is 6.19. The predicted octanol–water partition coefficient (Wildman–Crippen LogP) is 4.00. The van der Waals surface area contributed by atoms with Gasteiger partial charge in [0.2, 0.25) is 0 Å². The van der Waals surface area contributed by atoms with Crippen molar-refractivity contribution in [3.63, 3.8) is 0 Å². The minimum Gasteiger partial charge on any atom is -0.382 e. The third-order valence-corrected chi connectivity index (χ3v) is 5.00. The highest BCUT2D eigenvalue weighted by Crippen LogP contribution is 2.25. The van der Waals surface area contributed by atoms with Crippen molar-refractivity contribution in [2.75, 3.05) is 12.3 Å². The number of hydrogen-bond acceptors (Lipinski definition) is 4. The van der Waals surface area contributed by atoms with Crippen molar-refractivity contribution in [1.29, 1.82) is 5.26 Å². The largest absolute Gasteiger partial charge is 0.382 e. The number of nitriles is 1. The summed E-state index contributed by atoms with van der Waals surface area (Å²) in [6.45, 7) is 0.393. The summed E-state index contributed by atoms with van der Waals surface area (Å²) in [6.07, 6.45) is 1.08. The summed E-state index contributed by atoms with van der Waals surface area (Å²) in [5.74, 6) is 0.000722. The van der Waals surface area contributed by atoms with Crippen LogP contribution in [0.15, 0.2) is 48.5 Å². The molecule has 0 atom stereocenters. The van der Waals surface area contributed by atoms with Gasteiger partial charge in [0.1, 0.15) is 17.5 Å². The zero-order chi connectivity index (χ0) is 20.1. The molecule has 3 N–H and O–H groups in total. The molecule has 0 radical (unpaired) electrons. The number of carbonyl (C=O) groups excluding carboxylic acids is 1. The van der Waals surface area contributed by atoms with Crippen LogP contribution in [-0.2, 0) is 6.42 Å². The fraction of sp³-hybridized carbons (Fsp3) is 0.150. The van der Waals surface area contributed by atoms with Crippen LogP contribution in [0, 0.1) is 11.3 Å². The smallest absolute Gasteiger partial charge is 0.252 e. The van der Waals surface area contributed by atoms with Crippen molar-refractivity contribution >= 4 is 34.9 Å². The third kappa shape index (κ3) is 4.11. The van der Waals surface area contributed by atoms with Gasteiger partial charge >= 0.3 is 0 Å². The van der Waals surface area contributed by atoms with Gasteiger partial charge in [-0.1, -0.05) is 47.5 Å². The van der Waals surface area contributed by atoms with E-state index in [0.717, 1.165) is 5.69 Å². The van der Waals surface area contributed by atoms with Crippen LogP contribution < -0.4 is 11.1 Å². The van der Waals surface area contributed by atoms with Crippen LogP contribution >= 0.6 is 23.2 Å². The molecule has 8 heteroatoms. The van der Waals surface area contributed by atoms with E-state index in [2.05, 4.69) is 16.5 Å². The summed E-state index contributed by atoms with van der Waals surface area (Å²) in [5.41, 5.74) is 8.15. The summed E-state index contributed by atoms with van der Waals surface area (Å²) < 4.78 is 1.55. The van der Waals surface area contributed by atoms with Gasteiger partial charge in [-0.3, -0.25) is 4.79 Å². The number of nitrogens with one attached hydrogen (secondary N) is 1. The first-order chi connectivity index (χ1) is 13.5. The third-order valence-electron chi connectivity index (χ3n) is 4.18. The molecule has 1 aromatic heterocycles. The lowest BCUT2D eigenvalue weighted by Crippen LogP contribution is -2.25. The Hall–Kier alpha value is -3.01. The van der Waals surface area contributed by atoms with Gasteiger partial charge in [0.05, 0.1) is 27.0 Å². The van der Waals surface area contributed by atoms with Crippen molar-refractivity contribution < 1.29 is 4.79 Å². The SMILES string of the molecule is N#Cc1c(CCCNC(=O)c2cccc(Cl)c2Cl)nn(-c2ccccc2)c1N. The Morgan fingerprint density at radius 1 is 1.18 bits per heavy atom. The minimum absolute atomic E-state index is 0.225. The quantitative estimate of drug-likeness (QED) is 0.596. The molecule has 0 saturated heterocycles. The van der Waals surface area contributed by atoms with E-state index in [1.807, 2.05) is 30.3 Å². The van der Waals surface area contributed by atoms with Gasteiger partial charge in [-0.15, -0.1) is 0 Å². The van der Waals surface area contributed by atoms with Gasteiger partial charge in [0.25, 0.3) is 5.91 Å². The first kappa shape index (κ1) is 19.7. The van der Waals surface area contributed by atoms with Crippen molar-refractivity contribution in [2.45, 2.75) is 12.8 Å². The number of nitrogens with zero attached hydrogens (tertiary/aromatic N) is 3. The van der Waals surface area contributed by atoms with E-state index in [-0.39, 0.29) is 10.9 Å². The minimum atomic E-state index is -0.303. The van der Waals surface area contributed by atoms with Gasteiger partial charge < -0.3 is 11.1 Å². The molecule has 2 aromatic carbocycles. The van der Waals surface area contributed by atoms with Crippen LogP contribution in [-0.4, -0.2) is 22.2 Å². The second-order valence-corrected chi connectivity index (χ2v) is 6.81. The first-order valence-electron chi connectivity index (χ1n) is 8.58. The Morgan fingerprint density at radius 3 is 2.64 bits per heavy atom. The van der Waals surface area contributed by atoms with Crippen molar-refractivity contribution in [3.8, 4) is 11.8 Å². The lowest BCUT2D eigenvalue weighted by atomic mass is 10.1. The molecule has 3 aromatic rings. The number of halogens is 2. The normalized spacial score (nSPS) is 10.5.